The first-order valence-corrected chi connectivity index (χ1v) is 6.19. The van der Waals surface area contributed by atoms with E-state index >= 15 is 0 Å². The van der Waals surface area contributed by atoms with Gasteiger partial charge in [-0.15, -0.1) is 0 Å². The molecule has 17 heavy (non-hydrogen) atoms. The van der Waals surface area contributed by atoms with Gasteiger partial charge in [0.2, 0.25) is 0 Å². The first-order chi connectivity index (χ1) is 7.92. The van der Waals surface area contributed by atoms with Crippen LogP contribution in [0.2, 0.25) is 0 Å². The summed E-state index contributed by atoms with van der Waals surface area (Å²) in [5, 5.41) is 3.38. The summed E-state index contributed by atoms with van der Waals surface area (Å²) in [7, 11) is 0. The fourth-order valence-corrected chi connectivity index (χ4v) is 1.75. The van der Waals surface area contributed by atoms with E-state index in [1.807, 2.05) is 19.1 Å². The average Bonchev–Trinajstić information content (AvgIpc) is 2.64. The smallest absolute Gasteiger partial charge is 0.129 e. The fraction of sp³-hybridized carbons (Fsp3) is 0.643. The van der Waals surface area contributed by atoms with E-state index in [9.17, 15) is 4.79 Å². The van der Waals surface area contributed by atoms with E-state index in [1.165, 1.54) is 0 Å². The largest absolute Gasteiger partial charge is 0.466 e. The molecule has 0 aliphatic heterocycles. The topological polar surface area (TPSA) is 42.2 Å². The Labute approximate surface area is 104 Å². The number of hydrogen-bond acceptors (Lipinski definition) is 3. The predicted octanol–water partition coefficient (Wildman–Crippen LogP) is 2.82. The van der Waals surface area contributed by atoms with E-state index in [2.05, 4.69) is 19.2 Å². The number of furan rings is 1. The molecule has 3 nitrogen and oxygen atoms in total. The number of ketones is 1. The van der Waals surface area contributed by atoms with Crippen LogP contribution in [-0.2, 0) is 10.2 Å². The third-order valence-corrected chi connectivity index (χ3v) is 2.86. The third kappa shape index (κ3) is 4.73. The highest BCUT2D eigenvalue weighted by Crippen LogP contribution is 2.24. The minimum atomic E-state index is -0.00944. The second-order valence-electron chi connectivity index (χ2n) is 5.28. The second kappa shape index (κ2) is 6.01. The number of hydrogen-bond donors (Lipinski definition) is 1. The molecule has 0 atom stereocenters. The van der Waals surface area contributed by atoms with Gasteiger partial charge in [-0.05, 0) is 38.9 Å². The Bertz CT molecular complexity index is 366. The van der Waals surface area contributed by atoms with Crippen molar-refractivity contribution in [1.29, 1.82) is 0 Å². The van der Waals surface area contributed by atoms with Crippen LogP contribution in [0.3, 0.4) is 0 Å². The van der Waals surface area contributed by atoms with Crippen molar-refractivity contribution in [3.8, 4) is 0 Å². The molecular weight excluding hydrogens is 214 g/mol. The van der Waals surface area contributed by atoms with Crippen LogP contribution in [0.15, 0.2) is 16.5 Å². The standard InChI is InChI=1S/C14H23NO2/c1-11(16)6-5-9-15-10-14(3,4)13-8-7-12(2)17-13/h7-8,15H,5-6,9-10H2,1-4H3. The second-order valence-corrected chi connectivity index (χ2v) is 5.28. The summed E-state index contributed by atoms with van der Waals surface area (Å²) in [5.41, 5.74) is -0.00944. The van der Waals surface area contributed by atoms with Gasteiger partial charge in [0, 0.05) is 18.4 Å². The maximum absolute atomic E-state index is 10.8. The van der Waals surface area contributed by atoms with E-state index in [1.54, 1.807) is 6.92 Å². The van der Waals surface area contributed by atoms with Crippen molar-refractivity contribution in [3.05, 3.63) is 23.7 Å². The minimum absolute atomic E-state index is 0.00944. The van der Waals surface area contributed by atoms with Crippen LogP contribution in [0.1, 0.15) is 45.1 Å². The lowest BCUT2D eigenvalue weighted by atomic mass is 9.90. The molecule has 96 valence electrons. The molecule has 3 heteroatoms. The van der Waals surface area contributed by atoms with Gasteiger partial charge >= 0.3 is 0 Å². The number of carbonyl (C=O) groups excluding carboxylic acids is 1. The van der Waals surface area contributed by atoms with Crippen molar-refractivity contribution in [3.63, 3.8) is 0 Å². The van der Waals surface area contributed by atoms with Crippen LogP contribution < -0.4 is 5.32 Å². The zero-order chi connectivity index (χ0) is 12.9. The van der Waals surface area contributed by atoms with Crippen molar-refractivity contribution >= 4 is 5.78 Å². The van der Waals surface area contributed by atoms with E-state index in [0.717, 1.165) is 31.0 Å². The summed E-state index contributed by atoms with van der Waals surface area (Å²) >= 11 is 0. The Morgan fingerprint density at radius 3 is 2.65 bits per heavy atom. The van der Waals surface area contributed by atoms with Gasteiger partial charge in [0.1, 0.15) is 17.3 Å². The van der Waals surface area contributed by atoms with Crippen molar-refractivity contribution < 1.29 is 9.21 Å². The van der Waals surface area contributed by atoms with Gasteiger partial charge in [-0.2, -0.15) is 0 Å². The molecule has 1 N–H and O–H groups in total. The molecule has 0 radical (unpaired) electrons. The third-order valence-electron chi connectivity index (χ3n) is 2.86. The first kappa shape index (κ1) is 14.0. The number of rotatable bonds is 7. The monoisotopic (exact) mass is 237 g/mol. The van der Waals surface area contributed by atoms with Crippen molar-refractivity contribution in [2.75, 3.05) is 13.1 Å². The van der Waals surface area contributed by atoms with Crippen LogP contribution in [0.5, 0.6) is 0 Å². The van der Waals surface area contributed by atoms with Crippen LogP contribution in [0.25, 0.3) is 0 Å². The zero-order valence-corrected chi connectivity index (χ0v) is 11.3. The summed E-state index contributed by atoms with van der Waals surface area (Å²) in [6, 6.07) is 4.03. The van der Waals surface area contributed by atoms with Crippen LogP contribution in [-0.4, -0.2) is 18.9 Å². The maximum atomic E-state index is 10.8. The lowest BCUT2D eigenvalue weighted by molar-refractivity contribution is -0.117. The van der Waals surface area contributed by atoms with Crippen LogP contribution >= 0.6 is 0 Å². The summed E-state index contributed by atoms with van der Waals surface area (Å²) in [6.45, 7) is 9.64. The molecule has 0 fully saturated rings. The number of Topliss-reactive ketones (excluding diaryl/α,β-unsaturated/α-hetero) is 1. The molecule has 1 aromatic heterocycles. The highest BCUT2D eigenvalue weighted by molar-refractivity contribution is 5.75. The minimum Gasteiger partial charge on any atom is -0.466 e. The highest BCUT2D eigenvalue weighted by atomic mass is 16.3. The highest BCUT2D eigenvalue weighted by Gasteiger charge is 2.23. The van der Waals surface area contributed by atoms with Gasteiger partial charge in [0.15, 0.2) is 0 Å². The lowest BCUT2D eigenvalue weighted by Gasteiger charge is -2.22. The summed E-state index contributed by atoms with van der Waals surface area (Å²) < 4.78 is 5.65. The Balaban J connectivity index is 2.32. The fourth-order valence-electron chi connectivity index (χ4n) is 1.75. The molecule has 0 saturated carbocycles. The summed E-state index contributed by atoms with van der Waals surface area (Å²) in [5.74, 6) is 2.21. The number of aryl methyl sites for hydroxylation is 1. The van der Waals surface area contributed by atoms with Gasteiger partial charge in [0.05, 0.1) is 0 Å². The lowest BCUT2D eigenvalue weighted by Crippen LogP contribution is -2.33. The maximum Gasteiger partial charge on any atom is 0.129 e. The molecule has 0 aliphatic rings. The van der Waals surface area contributed by atoms with Gasteiger partial charge in [-0.25, -0.2) is 0 Å². The number of carbonyl (C=O) groups is 1. The number of nitrogens with one attached hydrogen (secondary N) is 1. The predicted molar refractivity (Wildman–Crippen MR) is 69.3 cm³/mol. The van der Waals surface area contributed by atoms with Gasteiger partial charge < -0.3 is 14.5 Å². The zero-order valence-electron chi connectivity index (χ0n) is 11.3. The van der Waals surface area contributed by atoms with Gasteiger partial charge in [0.25, 0.3) is 0 Å². The summed E-state index contributed by atoms with van der Waals surface area (Å²) in [6.07, 6.45) is 1.57. The van der Waals surface area contributed by atoms with Crippen LogP contribution in [0.4, 0.5) is 0 Å². The van der Waals surface area contributed by atoms with E-state index < -0.39 is 0 Å². The van der Waals surface area contributed by atoms with E-state index in [-0.39, 0.29) is 11.2 Å². The molecule has 0 aromatic carbocycles. The Morgan fingerprint density at radius 1 is 1.41 bits per heavy atom. The Hall–Kier alpha value is -1.09. The molecule has 0 saturated heterocycles. The molecule has 0 spiro atoms. The normalized spacial score (nSPS) is 11.8. The molecular formula is C14H23NO2. The van der Waals surface area contributed by atoms with Gasteiger partial charge in [-0.3, -0.25) is 0 Å². The SMILES string of the molecule is CC(=O)CCCNCC(C)(C)c1ccc(C)o1. The molecule has 1 rings (SSSR count). The summed E-state index contributed by atoms with van der Waals surface area (Å²) in [4.78, 5) is 10.8. The molecule has 1 heterocycles. The first-order valence-electron chi connectivity index (χ1n) is 6.19. The van der Waals surface area contributed by atoms with E-state index in [0.29, 0.717) is 6.42 Å². The van der Waals surface area contributed by atoms with E-state index in [4.69, 9.17) is 4.42 Å². The molecule has 0 unspecified atom stereocenters. The quantitative estimate of drug-likeness (QED) is 0.741. The van der Waals surface area contributed by atoms with Crippen molar-refractivity contribution in [2.45, 2.75) is 46.0 Å². The Kier molecular flexibility index (Phi) is 4.94. The Morgan fingerprint density at radius 2 is 2.12 bits per heavy atom. The van der Waals surface area contributed by atoms with Crippen molar-refractivity contribution in [1.82, 2.24) is 5.32 Å². The van der Waals surface area contributed by atoms with Crippen LogP contribution in [0, 0.1) is 6.92 Å². The van der Waals surface area contributed by atoms with Gasteiger partial charge in [-0.1, -0.05) is 13.8 Å². The average molecular weight is 237 g/mol. The molecule has 0 aliphatic carbocycles. The van der Waals surface area contributed by atoms with Crippen molar-refractivity contribution in [2.24, 2.45) is 0 Å². The molecule has 0 amide bonds. The molecule has 1 aromatic rings. The molecule has 0 bridgehead atoms.